The molecule has 1 saturated heterocycles. The standard InChI is InChI=1S/C24H20N2O4S/c1-15-20(25-23(30-15)18-5-3-2-4-6-18)12-11-19(27)13-16-7-9-17(10-8-16)14-21-22(28)26-24(29)31-21/h2-10,14H,11-13H2,1H3,(H,26,28,29)/b21-14-. The number of ketones is 1. The normalized spacial score (nSPS) is 14.8. The Morgan fingerprint density at radius 1 is 1.10 bits per heavy atom. The smallest absolute Gasteiger partial charge is 0.290 e. The zero-order chi connectivity index (χ0) is 21.8. The molecule has 1 aliphatic rings. The molecule has 0 unspecified atom stereocenters. The molecule has 2 heterocycles. The molecular formula is C24H20N2O4S. The third-order valence-electron chi connectivity index (χ3n) is 4.87. The van der Waals surface area contributed by atoms with E-state index in [-0.39, 0.29) is 16.9 Å². The maximum absolute atomic E-state index is 12.5. The molecule has 31 heavy (non-hydrogen) atoms. The van der Waals surface area contributed by atoms with Crippen LogP contribution in [0, 0.1) is 6.92 Å². The van der Waals surface area contributed by atoms with Gasteiger partial charge in [-0.1, -0.05) is 42.5 Å². The van der Waals surface area contributed by atoms with Gasteiger partial charge < -0.3 is 4.42 Å². The third-order valence-corrected chi connectivity index (χ3v) is 5.69. The van der Waals surface area contributed by atoms with Crippen LogP contribution in [0.5, 0.6) is 0 Å². The summed E-state index contributed by atoms with van der Waals surface area (Å²) in [4.78, 5) is 40.2. The summed E-state index contributed by atoms with van der Waals surface area (Å²) >= 11 is 0.883. The summed E-state index contributed by atoms with van der Waals surface area (Å²) < 4.78 is 5.75. The number of thioether (sulfide) groups is 1. The average Bonchev–Trinajstić information content (AvgIpc) is 3.29. The van der Waals surface area contributed by atoms with E-state index in [0.717, 1.165) is 39.9 Å². The predicted molar refractivity (Wildman–Crippen MR) is 119 cm³/mol. The summed E-state index contributed by atoms with van der Waals surface area (Å²) in [6, 6.07) is 17.1. The Balaban J connectivity index is 1.33. The summed E-state index contributed by atoms with van der Waals surface area (Å²) in [5.41, 5.74) is 3.41. The lowest BCUT2D eigenvalue weighted by molar-refractivity contribution is -0.118. The quantitative estimate of drug-likeness (QED) is 0.544. The SMILES string of the molecule is Cc1oc(-c2ccccc2)nc1CCC(=O)Cc1ccc(/C=C2\SC(=O)NC2=O)cc1. The van der Waals surface area contributed by atoms with Gasteiger partial charge in [0, 0.05) is 24.8 Å². The van der Waals surface area contributed by atoms with Gasteiger partial charge in [-0.3, -0.25) is 19.7 Å². The first kappa shape index (κ1) is 20.8. The summed E-state index contributed by atoms with van der Waals surface area (Å²) in [6.45, 7) is 1.86. The number of hydrogen-bond donors (Lipinski definition) is 1. The molecule has 1 aromatic heterocycles. The summed E-state index contributed by atoms with van der Waals surface area (Å²) in [6.07, 6.45) is 2.90. The number of carbonyl (C=O) groups is 3. The average molecular weight is 433 g/mol. The lowest BCUT2D eigenvalue weighted by Crippen LogP contribution is -2.17. The van der Waals surface area contributed by atoms with Crippen molar-refractivity contribution in [2.45, 2.75) is 26.2 Å². The van der Waals surface area contributed by atoms with Crippen LogP contribution in [0.4, 0.5) is 4.79 Å². The molecule has 1 fully saturated rings. The minimum Gasteiger partial charge on any atom is -0.441 e. The molecule has 4 rings (SSSR count). The number of benzene rings is 2. The van der Waals surface area contributed by atoms with Crippen LogP contribution in [0.1, 0.15) is 29.0 Å². The predicted octanol–water partition coefficient (Wildman–Crippen LogP) is 4.72. The van der Waals surface area contributed by atoms with Crippen LogP contribution in [0.3, 0.4) is 0 Å². The number of nitrogens with one attached hydrogen (secondary N) is 1. The van der Waals surface area contributed by atoms with Crippen LogP contribution in [-0.4, -0.2) is 21.9 Å². The van der Waals surface area contributed by atoms with Crippen LogP contribution in [0.15, 0.2) is 63.9 Å². The van der Waals surface area contributed by atoms with E-state index >= 15 is 0 Å². The Morgan fingerprint density at radius 3 is 2.52 bits per heavy atom. The molecule has 0 atom stereocenters. The molecule has 3 aromatic rings. The minimum absolute atomic E-state index is 0.117. The van der Waals surface area contributed by atoms with Crippen molar-refractivity contribution in [3.05, 3.63) is 82.1 Å². The second-order valence-electron chi connectivity index (χ2n) is 7.20. The molecular weight excluding hydrogens is 412 g/mol. The van der Waals surface area contributed by atoms with Gasteiger partial charge in [-0.25, -0.2) is 4.98 Å². The van der Waals surface area contributed by atoms with Crippen LogP contribution in [0.2, 0.25) is 0 Å². The Morgan fingerprint density at radius 2 is 1.84 bits per heavy atom. The summed E-state index contributed by atoms with van der Waals surface area (Å²) in [5.74, 6) is 1.04. The van der Waals surface area contributed by atoms with Crippen molar-refractivity contribution in [2.24, 2.45) is 0 Å². The summed E-state index contributed by atoms with van der Waals surface area (Å²) in [7, 11) is 0. The number of carbonyl (C=O) groups excluding carboxylic acids is 3. The molecule has 2 amide bonds. The van der Waals surface area contributed by atoms with Crippen molar-refractivity contribution in [1.29, 1.82) is 0 Å². The highest BCUT2D eigenvalue weighted by atomic mass is 32.2. The van der Waals surface area contributed by atoms with Crippen LogP contribution >= 0.6 is 11.8 Å². The van der Waals surface area contributed by atoms with Crippen molar-refractivity contribution in [3.63, 3.8) is 0 Å². The highest BCUT2D eigenvalue weighted by molar-refractivity contribution is 8.18. The number of Topliss-reactive ketones (excluding diaryl/α,β-unsaturated/α-hetero) is 1. The van der Waals surface area contributed by atoms with E-state index in [1.54, 1.807) is 6.08 Å². The second-order valence-corrected chi connectivity index (χ2v) is 8.21. The highest BCUT2D eigenvalue weighted by Gasteiger charge is 2.24. The van der Waals surface area contributed by atoms with Crippen molar-refractivity contribution in [1.82, 2.24) is 10.3 Å². The van der Waals surface area contributed by atoms with Crippen LogP contribution < -0.4 is 5.32 Å². The van der Waals surface area contributed by atoms with Gasteiger partial charge in [0.2, 0.25) is 5.89 Å². The monoisotopic (exact) mass is 432 g/mol. The molecule has 0 bridgehead atoms. The first-order chi connectivity index (χ1) is 15.0. The van der Waals surface area contributed by atoms with E-state index in [0.29, 0.717) is 30.1 Å². The largest absolute Gasteiger partial charge is 0.441 e. The van der Waals surface area contributed by atoms with Gasteiger partial charge in [-0.05, 0) is 48.0 Å². The Bertz CT molecular complexity index is 1160. The van der Waals surface area contributed by atoms with Crippen molar-refractivity contribution >= 4 is 34.8 Å². The Hall–Kier alpha value is -3.45. The molecule has 1 N–H and O–H groups in total. The number of amides is 2. The maximum Gasteiger partial charge on any atom is 0.290 e. The molecule has 2 aromatic carbocycles. The first-order valence-corrected chi connectivity index (χ1v) is 10.7. The molecule has 7 heteroatoms. The van der Waals surface area contributed by atoms with E-state index in [4.69, 9.17) is 4.42 Å². The van der Waals surface area contributed by atoms with Crippen LogP contribution in [0.25, 0.3) is 17.5 Å². The van der Waals surface area contributed by atoms with Gasteiger partial charge in [0.15, 0.2) is 0 Å². The van der Waals surface area contributed by atoms with Gasteiger partial charge in [-0.2, -0.15) is 0 Å². The molecule has 156 valence electrons. The van der Waals surface area contributed by atoms with E-state index in [9.17, 15) is 14.4 Å². The Labute approximate surface area is 183 Å². The fourth-order valence-corrected chi connectivity index (χ4v) is 3.92. The lowest BCUT2D eigenvalue weighted by atomic mass is 10.0. The van der Waals surface area contributed by atoms with Crippen molar-refractivity contribution in [2.75, 3.05) is 0 Å². The first-order valence-electron chi connectivity index (χ1n) is 9.85. The lowest BCUT2D eigenvalue weighted by Gasteiger charge is -2.02. The number of aromatic nitrogens is 1. The van der Waals surface area contributed by atoms with Crippen molar-refractivity contribution in [3.8, 4) is 11.5 Å². The molecule has 0 aliphatic carbocycles. The number of nitrogens with zero attached hydrogens (tertiary/aromatic N) is 1. The third kappa shape index (κ3) is 5.19. The maximum atomic E-state index is 12.5. The fourth-order valence-electron chi connectivity index (χ4n) is 3.24. The number of imide groups is 1. The zero-order valence-corrected chi connectivity index (χ0v) is 17.7. The Kier molecular flexibility index (Phi) is 6.13. The van der Waals surface area contributed by atoms with Gasteiger partial charge in [0.25, 0.3) is 11.1 Å². The van der Waals surface area contributed by atoms with E-state index in [1.807, 2.05) is 61.5 Å². The zero-order valence-electron chi connectivity index (χ0n) is 16.9. The molecule has 0 spiro atoms. The van der Waals surface area contributed by atoms with E-state index in [1.165, 1.54) is 0 Å². The van der Waals surface area contributed by atoms with Gasteiger partial charge in [0.1, 0.15) is 11.5 Å². The summed E-state index contributed by atoms with van der Waals surface area (Å²) in [5, 5.41) is 1.86. The van der Waals surface area contributed by atoms with Gasteiger partial charge in [0.05, 0.1) is 10.6 Å². The minimum atomic E-state index is -0.382. The number of hydrogen-bond acceptors (Lipinski definition) is 6. The molecule has 0 saturated carbocycles. The molecule has 1 aliphatic heterocycles. The fraction of sp³-hybridized carbons (Fsp3) is 0.167. The second kappa shape index (κ2) is 9.14. The van der Waals surface area contributed by atoms with E-state index in [2.05, 4.69) is 10.3 Å². The number of rotatable bonds is 7. The molecule has 0 radical (unpaired) electrons. The van der Waals surface area contributed by atoms with Gasteiger partial charge in [-0.15, -0.1) is 0 Å². The van der Waals surface area contributed by atoms with Crippen molar-refractivity contribution < 1.29 is 18.8 Å². The highest BCUT2D eigenvalue weighted by Crippen LogP contribution is 2.26. The number of aryl methyl sites for hydroxylation is 2. The van der Waals surface area contributed by atoms with Gasteiger partial charge >= 0.3 is 0 Å². The van der Waals surface area contributed by atoms with Crippen LogP contribution in [-0.2, 0) is 22.4 Å². The molecule has 6 nitrogen and oxygen atoms in total. The topological polar surface area (TPSA) is 89.3 Å². The number of oxazole rings is 1. The van der Waals surface area contributed by atoms with E-state index < -0.39 is 0 Å².